The molecule has 5 heterocycles. The van der Waals surface area contributed by atoms with Crippen LogP contribution in [0, 0.1) is 0 Å². The smallest absolute Gasteiger partial charge is 0.316 e. The molecule has 4 aromatic heterocycles. The van der Waals surface area contributed by atoms with Gasteiger partial charge in [0, 0.05) is 43.0 Å². The highest BCUT2D eigenvalue weighted by Gasteiger charge is 2.19. The number of nitrogens with zero attached hydrogens (tertiary/aromatic N) is 7. The van der Waals surface area contributed by atoms with Crippen molar-refractivity contribution in [1.29, 1.82) is 0 Å². The van der Waals surface area contributed by atoms with E-state index in [2.05, 4.69) is 26.1 Å². The van der Waals surface area contributed by atoms with Crippen LogP contribution in [0.25, 0.3) is 21.3 Å². The zero-order valence-electron chi connectivity index (χ0n) is 18.0. The van der Waals surface area contributed by atoms with Crippen molar-refractivity contribution in [3.63, 3.8) is 0 Å². The van der Waals surface area contributed by atoms with Gasteiger partial charge in [-0.15, -0.1) is 11.3 Å². The summed E-state index contributed by atoms with van der Waals surface area (Å²) >= 11 is 1.56. The second-order valence-corrected chi connectivity index (χ2v) is 8.99. The first-order chi connectivity index (χ1) is 16.1. The molecule has 0 N–H and O–H groups in total. The van der Waals surface area contributed by atoms with E-state index >= 15 is 0 Å². The van der Waals surface area contributed by atoms with Crippen LogP contribution in [0.5, 0.6) is 6.01 Å². The Morgan fingerprint density at radius 1 is 1.18 bits per heavy atom. The van der Waals surface area contributed by atoms with Gasteiger partial charge in [-0.1, -0.05) is 18.2 Å². The van der Waals surface area contributed by atoms with Crippen LogP contribution < -0.4 is 10.3 Å². The Morgan fingerprint density at radius 2 is 2.03 bits per heavy atom. The summed E-state index contributed by atoms with van der Waals surface area (Å²) < 4.78 is 9.36. The minimum Gasteiger partial charge on any atom is -0.467 e. The summed E-state index contributed by atoms with van der Waals surface area (Å²) in [5.41, 5.74) is 5.52. The van der Waals surface area contributed by atoms with Crippen molar-refractivity contribution in [3.8, 4) is 6.01 Å². The SMILES string of the molecule is COc1ncc(Cc2nc3c(s2)c2cnn(Cc4cccc5c4C=NC5)c(=O)c2n3C)cn1. The van der Waals surface area contributed by atoms with Crippen molar-refractivity contribution >= 4 is 38.8 Å². The Labute approximate surface area is 192 Å². The van der Waals surface area contributed by atoms with E-state index in [9.17, 15) is 4.79 Å². The Hall–Kier alpha value is -3.92. The number of rotatable bonds is 5. The molecule has 0 spiro atoms. The molecule has 0 aliphatic carbocycles. The van der Waals surface area contributed by atoms with Crippen molar-refractivity contribution in [2.24, 2.45) is 12.0 Å². The van der Waals surface area contributed by atoms with Crippen molar-refractivity contribution in [3.05, 3.63) is 74.4 Å². The zero-order valence-corrected chi connectivity index (χ0v) is 18.8. The van der Waals surface area contributed by atoms with Crippen LogP contribution in [0.1, 0.15) is 27.3 Å². The summed E-state index contributed by atoms with van der Waals surface area (Å²) in [7, 11) is 3.42. The Kier molecular flexibility index (Phi) is 4.54. The van der Waals surface area contributed by atoms with E-state index in [1.165, 1.54) is 17.4 Å². The maximum Gasteiger partial charge on any atom is 0.316 e. The first-order valence-electron chi connectivity index (χ1n) is 10.4. The highest BCUT2D eigenvalue weighted by Crippen LogP contribution is 2.31. The standard InChI is InChI=1S/C23H19N7O2S/c1-29-19-17(20-21(29)28-18(33-20)6-13-7-25-23(32-2)26-8-13)11-27-30(22(19)31)12-15-5-3-4-14-9-24-10-16(14)15/h3-5,7-8,10-11H,6,9,12H2,1-2H3. The molecule has 0 radical (unpaired) electrons. The van der Waals surface area contributed by atoms with E-state index in [0.717, 1.165) is 37.4 Å². The van der Waals surface area contributed by atoms with Crippen molar-refractivity contribution in [1.82, 2.24) is 29.3 Å². The van der Waals surface area contributed by atoms with Gasteiger partial charge in [0.1, 0.15) is 10.5 Å². The van der Waals surface area contributed by atoms with E-state index in [4.69, 9.17) is 9.72 Å². The fourth-order valence-corrected chi connectivity index (χ4v) is 5.38. The molecule has 9 nitrogen and oxygen atoms in total. The minimum absolute atomic E-state index is 0.127. The van der Waals surface area contributed by atoms with Crippen LogP contribution >= 0.6 is 11.3 Å². The number of aromatic nitrogens is 6. The molecular weight excluding hydrogens is 438 g/mol. The second-order valence-electron chi connectivity index (χ2n) is 7.90. The van der Waals surface area contributed by atoms with Gasteiger partial charge < -0.3 is 9.30 Å². The maximum atomic E-state index is 13.4. The molecule has 1 aliphatic heterocycles. The summed E-state index contributed by atoms with van der Waals surface area (Å²) in [5, 5.41) is 6.24. The van der Waals surface area contributed by atoms with E-state index in [1.807, 2.05) is 30.0 Å². The quantitative estimate of drug-likeness (QED) is 0.402. The van der Waals surface area contributed by atoms with Gasteiger partial charge in [-0.05, 0) is 16.7 Å². The molecule has 0 saturated carbocycles. The van der Waals surface area contributed by atoms with Crippen molar-refractivity contribution in [2.45, 2.75) is 19.5 Å². The number of benzene rings is 1. The molecule has 0 fully saturated rings. The molecule has 0 unspecified atom stereocenters. The van der Waals surface area contributed by atoms with Gasteiger partial charge in [-0.25, -0.2) is 19.6 Å². The first-order valence-corrected chi connectivity index (χ1v) is 11.2. The van der Waals surface area contributed by atoms with Gasteiger partial charge in [0.25, 0.3) is 5.56 Å². The molecule has 5 aromatic rings. The van der Waals surface area contributed by atoms with Crippen molar-refractivity contribution < 1.29 is 4.74 Å². The predicted octanol–water partition coefficient (Wildman–Crippen LogP) is 2.71. The summed E-state index contributed by atoms with van der Waals surface area (Å²) in [6, 6.07) is 6.43. The molecule has 0 saturated heterocycles. The summed E-state index contributed by atoms with van der Waals surface area (Å²) in [5.74, 6) is 0. The van der Waals surface area contributed by atoms with Gasteiger partial charge in [0.05, 0.1) is 31.1 Å². The zero-order chi connectivity index (χ0) is 22.5. The number of ether oxygens (including phenoxy) is 1. The van der Waals surface area contributed by atoms with Gasteiger partial charge in [0.15, 0.2) is 5.65 Å². The largest absolute Gasteiger partial charge is 0.467 e. The Bertz CT molecular complexity index is 1610. The van der Waals surface area contributed by atoms with Crippen LogP contribution in [0.15, 0.2) is 46.6 Å². The maximum absolute atomic E-state index is 13.4. The highest BCUT2D eigenvalue weighted by atomic mass is 32.1. The third kappa shape index (κ3) is 3.21. The first kappa shape index (κ1) is 19.7. The van der Waals surface area contributed by atoms with Gasteiger partial charge in [-0.2, -0.15) is 5.10 Å². The fourth-order valence-electron chi connectivity index (χ4n) is 4.24. The fraction of sp³-hybridized carbons (Fsp3) is 0.217. The number of thiazole rings is 1. The van der Waals surface area contributed by atoms with Crippen LogP contribution in [0.3, 0.4) is 0 Å². The summed E-state index contributed by atoms with van der Waals surface area (Å²) in [6.07, 6.45) is 7.74. The average molecular weight is 458 g/mol. The molecule has 1 aromatic carbocycles. The topological polar surface area (TPSA) is 100 Å². The van der Waals surface area contributed by atoms with E-state index in [0.29, 0.717) is 31.0 Å². The molecule has 33 heavy (non-hydrogen) atoms. The molecule has 0 bridgehead atoms. The molecule has 164 valence electrons. The van der Waals surface area contributed by atoms with Gasteiger partial charge in [0.2, 0.25) is 0 Å². The minimum atomic E-state index is -0.127. The Morgan fingerprint density at radius 3 is 2.85 bits per heavy atom. The lowest BCUT2D eigenvalue weighted by Gasteiger charge is -2.09. The van der Waals surface area contributed by atoms with Crippen LogP contribution in [0.2, 0.25) is 0 Å². The van der Waals surface area contributed by atoms with Crippen LogP contribution in [-0.4, -0.2) is 42.6 Å². The Balaban J connectivity index is 1.37. The molecule has 10 heteroatoms. The number of methoxy groups -OCH3 is 1. The number of hydrogen-bond acceptors (Lipinski definition) is 8. The molecule has 0 amide bonds. The van der Waals surface area contributed by atoms with Crippen LogP contribution in [0.4, 0.5) is 0 Å². The number of fused-ring (bicyclic) bond motifs is 4. The third-order valence-electron chi connectivity index (χ3n) is 5.88. The molecule has 6 rings (SSSR count). The number of aryl methyl sites for hydroxylation is 1. The lowest BCUT2D eigenvalue weighted by molar-refractivity contribution is 0.379. The lowest BCUT2D eigenvalue weighted by Crippen LogP contribution is -2.25. The lowest BCUT2D eigenvalue weighted by atomic mass is 10.0. The summed E-state index contributed by atoms with van der Waals surface area (Å²) in [6.45, 7) is 1.09. The number of hydrogen-bond donors (Lipinski definition) is 0. The van der Waals surface area contributed by atoms with Gasteiger partial charge >= 0.3 is 6.01 Å². The predicted molar refractivity (Wildman–Crippen MR) is 126 cm³/mol. The highest BCUT2D eigenvalue weighted by molar-refractivity contribution is 7.19. The molecule has 0 atom stereocenters. The van der Waals surface area contributed by atoms with Crippen molar-refractivity contribution in [2.75, 3.05) is 7.11 Å². The van der Waals surface area contributed by atoms with E-state index < -0.39 is 0 Å². The second kappa shape index (κ2) is 7.59. The van der Waals surface area contributed by atoms with E-state index in [1.54, 1.807) is 29.9 Å². The van der Waals surface area contributed by atoms with Crippen LogP contribution in [-0.2, 0) is 26.6 Å². The third-order valence-corrected chi connectivity index (χ3v) is 6.96. The van der Waals surface area contributed by atoms with E-state index in [-0.39, 0.29) is 5.56 Å². The monoisotopic (exact) mass is 457 g/mol. The normalized spacial score (nSPS) is 12.7. The van der Waals surface area contributed by atoms with Gasteiger partial charge in [-0.3, -0.25) is 9.79 Å². The molecular formula is C23H19N7O2S. The molecule has 1 aliphatic rings. The average Bonchev–Trinajstić information content (AvgIpc) is 3.53. The number of aliphatic imine (C=N–C) groups is 1. The summed E-state index contributed by atoms with van der Waals surface area (Å²) in [4.78, 5) is 30.8.